The van der Waals surface area contributed by atoms with Gasteiger partial charge in [0.15, 0.2) is 5.82 Å². The summed E-state index contributed by atoms with van der Waals surface area (Å²) in [5.74, 6) is 1.83. The topological polar surface area (TPSA) is 59.8 Å². The molecule has 0 saturated carbocycles. The van der Waals surface area contributed by atoms with Crippen LogP contribution in [0.5, 0.6) is 0 Å². The van der Waals surface area contributed by atoms with Crippen LogP contribution in [0.2, 0.25) is 0 Å². The van der Waals surface area contributed by atoms with E-state index in [-0.39, 0.29) is 11.8 Å². The van der Waals surface area contributed by atoms with Gasteiger partial charge < -0.3 is 5.32 Å². The standard InChI is InChI=1S/C10H16N4O/c1-7(2)10(15)11-6-8-12-9-4-3-5-14(9)13-8/h7H,3-6H2,1-2H3,(H,11,15). The number of carbonyl (C=O) groups is 1. The first-order valence-electron chi connectivity index (χ1n) is 5.37. The number of hydrogen-bond acceptors (Lipinski definition) is 3. The number of rotatable bonds is 3. The fraction of sp³-hybridized carbons (Fsp3) is 0.700. The lowest BCUT2D eigenvalue weighted by Crippen LogP contribution is -2.27. The molecule has 1 aromatic rings. The first kappa shape index (κ1) is 10.1. The second-order valence-electron chi connectivity index (χ2n) is 4.14. The van der Waals surface area contributed by atoms with Crippen molar-refractivity contribution in [2.75, 3.05) is 0 Å². The Morgan fingerprint density at radius 2 is 2.40 bits per heavy atom. The van der Waals surface area contributed by atoms with E-state index >= 15 is 0 Å². The molecule has 2 heterocycles. The van der Waals surface area contributed by atoms with Crippen LogP contribution in [0.3, 0.4) is 0 Å². The van der Waals surface area contributed by atoms with Crippen molar-refractivity contribution >= 4 is 5.91 Å². The van der Waals surface area contributed by atoms with Gasteiger partial charge in [-0.15, -0.1) is 0 Å². The quantitative estimate of drug-likeness (QED) is 0.786. The van der Waals surface area contributed by atoms with Gasteiger partial charge in [0.2, 0.25) is 5.91 Å². The van der Waals surface area contributed by atoms with Gasteiger partial charge in [-0.1, -0.05) is 13.8 Å². The maximum Gasteiger partial charge on any atom is 0.222 e. The van der Waals surface area contributed by atoms with Crippen molar-refractivity contribution in [2.24, 2.45) is 5.92 Å². The first-order valence-corrected chi connectivity index (χ1v) is 5.37. The van der Waals surface area contributed by atoms with Crippen LogP contribution in [-0.2, 0) is 24.3 Å². The molecule has 82 valence electrons. The SMILES string of the molecule is CC(C)C(=O)NCc1nc2n(n1)CCC2. The third kappa shape index (κ3) is 2.16. The highest BCUT2D eigenvalue weighted by atomic mass is 16.1. The molecule has 0 spiro atoms. The Kier molecular flexibility index (Phi) is 2.70. The Morgan fingerprint density at radius 1 is 1.60 bits per heavy atom. The maximum atomic E-state index is 11.3. The van der Waals surface area contributed by atoms with E-state index in [9.17, 15) is 4.79 Å². The second-order valence-corrected chi connectivity index (χ2v) is 4.14. The van der Waals surface area contributed by atoms with Crippen LogP contribution in [0, 0.1) is 5.92 Å². The molecule has 1 amide bonds. The van der Waals surface area contributed by atoms with E-state index in [2.05, 4.69) is 15.4 Å². The third-order valence-electron chi connectivity index (χ3n) is 2.51. The number of nitrogens with zero attached hydrogens (tertiary/aromatic N) is 3. The third-order valence-corrected chi connectivity index (χ3v) is 2.51. The Labute approximate surface area is 88.9 Å². The molecule has 0 bridgehead atoms. The zero-order valence-electron chi connectivity index (χ0n) is 9.16. The molecule has 0 unspecified atom stereocenters. The number of nitrogens with one attached hydrogen (secondary N) is 1. The normalized spacial score (nSPS) is 14.3. The Bertz CT molecular complexity index is 348. The lowest BCUT2D eigenvalue weighted by molar-refractivity contribution is -0.124. The summed E-state index contributed by atoms with van der Waals surface area (Å²) in [6, 6.07) is 0. The van der Waals surface area contributed by atoms with Crippen LogP contribution < -0.4 is 5.32 Å². The zero-order valence-corrected chi connectivity index (χ0v) is 9.16. The summed E-state index contributed by atoms with van der Waals surface area (Å²) >= 11 is 0. The van der Waals surface area contributed by atoms with Crippen molar-refractivity contribution in [1.29, 1.82) is 0 Å². The number of carbonyl (C=O) groups excluding carboxylic acids is 1. The summed E-state index contributed by atoms with van der Waals surface area (Å²) in [6.07, 6.45) is 2.14. The number of amides is 1. The van der Waals surface area contributed by atoms with Crippen molar-refractivity contribution in [3.8, 4) is 0 Å². The molecule has 15 heavy (non-hydrogen) atoms. The van der Waals surface area contributed by atoms with Crippen molar-refractivity contribution in [3.63, 3.8) is 0 Å². The minimum absolute atomic E-state index is 0.0134. The summed E-state index contributed by atoms with van der Waals surface area (Å²) < 4.78 is 1.93. The van der Waals surface area contributed by atoms with Crippen LogP contribution >= 0.6 is 0 Å². The molecule has 1 N–H and O–H groups in total. The average Bonchev–Trinajstić information content (AvgIpc) is 2.72. The van der Waals surface area contributed by atoms with Crippen LogP contribution in [0.15, 0.2) is 0 Å². The molecule has 1 aliphatic heterocycles. The molecule has 2 rings (SSSR count). The van der Waals surface area contributed by atoms with Crippen LogP contribution in [0.4, 0.5) is 0 Å². The highest BCUT2D eigenvalue weighted by molar-refractivity contribution is 5.77. The fourth-order valence-electron chi connectivity index (χ4n) is 1.62. The molecule has 5 heteroatoms. The van der Waals surface area contributed by atoms with Crippen LogP contribution in [-0.4, -0.2) is 20.7 Å². The first-order chi connectivity index (χ1) is 7.16. The molecule has 1 aromatic heterocycles. The summed E-state index contributed by atoms with van der Waals surface area (Å²) in [5.41, 5.74) is 0. The van der Waals surface area contributed by atoms with E-state index in [1.165, 1.54) is 0 Å². The highest BCUT2D eigenvalue weighted by Crippen LogP contribution is 2.10. The van der Waals surface area contributed by atoms with Gasteiger partial charge in [-0.25, -0.2) is 9.67 Å². The molecule has 0 fully saturated rings. The number of aromatic nitrogens is 3. The second kappa shape index (κ2) is 4.00. The minimum Gasteiger partial charge on any atom is -0.349 e. The van der Waals surface area contributed by atoms with Crippen LogP contribution in [0.25, 0.3) is 0 Å². The molecule has 0 aromatic carbocycles. The predicted octanol–water partition coefficient (Wildman–Crippen LogP) is 0.496. The van der Waals surface area contributed by atoms with E-state index < -0.39 is 0 Å². The van der Waals surface area contributed by atoms with Crippen molar-refractivity contribution in [1.82, 2.24) is 20.1 Å². The number of hydrogen-bond donors (Lipinski definition) is 1. The molecular formula is C10H16N4O. The predicted molar refractivity (Wildman–Crippen MR) is 55.0 cm³/mol. The number of aryl methyl sites for hydroxylation is 2. The molecular weight excluding hydrogens is 192 g/mol. The van der Waals surface area contributed by atoms with Gasteiger partial charge in [-0.05, 0) is 6.42 Å². The smallest absolute Gasteiger partial charge is 0.222 e. The summed E-state index contributed by atoms with van der Waals surface area (Å²) in [6.45, 7) is 5.14. The Hall–Kier alpha value is -1.39. The lowest BCUT2D eigenvalue weighted by Gasteiger charge is -2.04. The van der Waals surface area contributed by atoms with Gasteiger partial charge in [0.1, 0.15) is 5.82 Å². The largest absolute Gasteiger partial charge is 0.349 e. The van der Waals surface area contributed by atoms with Crippen molar-refractivity contribution in [3.05, 3.63) is 11.6 Å². The van der Waals surface area contributed by atoms with Gasteiger partial charge in [0.05, 0.1) is 6.54 Å². The Morgan fingerprint density at radius 3 is 3.07 bits per heavy atom. The summed E-state index contributed by atoms with van der Waals surface area (Å²) in [7, 11) is 0. The average molecular weight is 208 g/mol. The van der Waals surface area contributed by atoms with E-state index in [1.54, 1.807) is 0 Å². The van der Waals surface area contributed by atoms with Gasteiger partial charge >= 0.3 is 0 Å². The molecule has 0 radical (unpaired) electrons. The molecule has 0 atom stereocenters. The molecule has 0 aliphatic carbocycles. The van der Waals surface area contributed by atoms with E-state index in [0.717, 1.165) is 31.0 Å². The maximum absolute atomic E-state index is 11.3. The lowest BCUT2D eigenvalue weighted by atomic mass is 10.2. The minimum atomic E-state index is 0.0134. The summed E-state index contributed by atoms with van der Waals surface area (Å²) in [5, 5.41) is 7.12. The number of fused-ring (bicyclic) bond motifs is 1. The van der Waals surface area contributed by atoms with Crippen molar-refractivity contribution in [2.45, 2.75) is 39.8 Å². The fourth-order valence-corrected chi connectivity index (χ4v) is 1.62. The Balaban J connectivity index is 1.92. The van der Waals surface area contributed by atoms with E-state index in [1.807, 2.05) is 18.5 Å². The van der Waals surface area contributed by atoms with Crippen LogP contribution in [0.1, 0.15) is 31.9 Å². The summed E-state index contributed by atoms with van der Waals surface area (Å²) in [4.78, 5) is 15.7. The molecule has 5 nitrogen and oxygen atoms in total. The van der Waals surface area contributed by atoms with Gasteiger partial charge in [-0.3, -0.25) is 4.79 Å². The van der Waals surface area contributed by atoms with Gasteiger partial charge in [0, 0.05) is 18.9 Å². The van der Waals surface area contributed by atoms with Gasteiger partial charge in [0.25, 0.3) is 0 Å². The van der Waals surface area contributed by atoms with E-state index in [0.29, 0.717) is 6.54 Å². The zero-order chi connectivity index (χ0) is 10.8. The monoisotopic (exact) mass is 208 g/mol. The molecule has 0 saturated heterocycles. The van der Waals surface area contributed by atoms with Gasteiger partial charge in [-0.2, -0.15) is 5.10 Å². The molecule has 1 aliphatic rings. The van der Waals surface area contributed by atoms with Crippen molar-refractivity contribution < 1.29 is 4.79 Å². The highest BCUT2D eigenvalue weighted by Gasteiger charge is 2.15. The van der Waals surface area contributed by atoms with E-state index in [4.69, 9.17) is 0 Å².